The molecule has 10 heteroatoms. The Hall–Kier alpha value is -3.27. The minimum Gasteiger partial charge on any atom is -0.463 e. The van der Waals surface area contributed by atoms with Crippen LogP contribution in [-0.2, 0) is 13.5 Å². The first-order valence-corrected chi connectivity index (χ1v) is 9.67. The predicted octanol–water partition coefficient (Wildman–Crippen LogP) is 3.04. The average Bonchev–Trinajstić information content (AvgIpc) is 3.43. The van der Waals surface area contributed by atoms with Gasteiger partial charge in [0, 0.05) is 26.1 Å². The summed E-state index contributed by atoms with van der Waals surface area (Å²) in [5.74, 6) is 1.17. The zero-order chi connectivity index (χ0) is 20.5. The molecule has 150 valence electrons. The second-order valence-corrected chi connectivity index (χ2v) is 7.35. The maximum Gasteiger partial charge on any atom is 0.252 e. The standard InChI is InChI=1S/C19H21N7O2S/c1-11(2)26-17-13(10-21-26)12(9-14(22-17)15-5-4-8-28-15)18(27)20-7-6-16-23-24-19(29)25(16)3/h4-5,8-11H,6-7H2,1-3H3,(H,20,27)(H,24,29). The fraction of sp³-hybridized carbons (Fsp3) is 0.316. The fourth-order valence-corrected chi connectivity index (χ4v) is 3.27. The molecule has 0 atom stereocenters. The Kier molecular flexibility index (Phi) is 5.01. The lowest BCUT2D eigenvalue weighted by Crippen LogP contribution is -2.26. The van der Waals surface area contributed by atoms with Crippen LogP contribution in [0.1, 0.15) is 36.1 Å². The van der Waals surface area contributed by atoms with Gasteiger partial charge in [0.25, 0.3) is 5.91 Å². The fourth-order valence-electron chi connectivity index (χ4n) is 3.12. The first-order valence-electron chi connectivity index (χ1n) is 9.26. The van der Waals surface area contributed by atoms with E-state index < -0.39 is 0 Å². The van der Waals surface area contributed by atoms with E-state index >= 15 is 0 Å². The molecule has 0 aliphatic heterocycles. The molecule has 0 radical (unpaired) electrons. The van der Waals surface area contributed by atoms with Gasteiger partial charge >= 0.3 is 0 Å². The number of carbonyl (C=O) groups is 1. The predicted molar refractivity (Wildman–Crippen MR) is 110 cm³/mol. The largest absolute Gasteiger partial charge is 0.463 e. The minimum atomic E-state index is -0.203. The van der Waals surface area contributed by atoms with Crippen LogP contribution in [-0.4, -0.2) is 42.0 Å². The van der Waals surface area contributed by atoms with Crippen LogP contribution in [0.2, 0.25) is 0 Å². The third kappa shape index (κ3) is 3.58. The lowest BCUT2D eigenvalue weighted by Gasteiger charge is -2.10. The van der Waals surface area contributed by atoms with Gasteiger partial charge < -0.3 is 14.3 Å². The van der Waals surface area contributed by atoms with Gasteiger partial charge in [0.05, 0.1) is 23.4 Å². The van der Waals surface area contributed by atoms with Crippen molar-refractivity contribution in [2.75, 3.05) is 6.54 Å². The van der Waals surface area contributed by atoms with Crippen molar-refractivity contribution >= 4 is 29.2 Å². The number of rotatable bonds is 6. The number of aromatic amines is 1. The van der Waals surface area contributed by atoms with Crippen molar-refractivity contribution in [3.63, 3.8) is 0 Å². The Balaban J connectivity index is 1.65. The third-order valence-electron chi connectivity index (χ3n) is 4.68. The molecule has 0 bridgehead atoms. The molecule has 0 unspecified atom stereocenters. The quantitative estimate of drug-likeness (QED) is 0.472. The van der Waals surface area contributed by atoms with Crippen molar-refractivity contribution in [1.82, 2.24) is 34.8 Å². The molecule has 4 aromatic rings. The first-order chi connectivity index (χ1) is 14.0. The Morgan fingerprint density at radius 2 is 2.24 bits per heavy atom. The van der Waals surface area contributed by atoms with E-state index in [2.05, 4.69) is 25.6 Å². The molecule has 4 rings (SSSR count). The smallest absolute Gasteiger partial charge is 0.252 e. The topological polar surface area (TPSA) is 107 Å². The van der Waals surface area contributed by atoms with E-state index in [-0.39, 0.29) is 11.9 Å². The summed E-state index contributed by atoms with van der Waals surface area (Å²) in [5, 5.41) is 15.0. The average molecular weight is 411 g/mol. The van der Waals surface area contributed by atoms with Gasteiger partial charge in [-0.1, -0.05) is 0 Å². The van der Waals surface area contributed by atoms with E-state index in [1.54, 1.807) is 33.8 Å². The second-order valence-electron chi connectivity index (χ2n) is 6.96. The van der Waals surface area contributed by atoms with Gasteiger partial charge in [-0.05, 0) is 44.3 Å². The maximum absolute atomic E-state index is 13.0. The molecule has 0 aromatic carbocycles. The zero-order valence-electron chi connectivity index (χ0n) is 16.3. The van der Waals surface area contributed by atoms with E-state index in [0.29, 0.717) is 45.8 Å². The van der Waals surface area contributed by atoms with Crippen LogP contribution in [0, 0.1) is 4.77 Å². The summed E-state index contributed by atoms with van der Waals surface area (Å²) in [4.78, 5) is 17.7. The molecule has 9 nitrogen and oxygen atoms in total. The Labute approximate surface area is 171 Å². The van der Waals surface area contributed by atoms with Crippen molar-refractivity contribution in [2.45, 2.75) is 26.3 Å². The van der Waals surface area contributed by atoms with Gasteiger partial charge in [-0.3, -0.25) is 9.89 Å². The molecule has 2 N–H and O–H groups in total. The molecule has 0 saturated carbocycles. The van der Waals surface area contributed by atoms with Gasteiger partial charge in [-0.15, -0.1) is 0 Å². The van der Waals surface area contributed by atoms with Gasteiger partial charge in [-0.25, -0.2) is 9.67 Å². The number of hydrogen-bond donors (Lipinski definition) is 2. The van der Waals surface area contributed by atoms with E-state index in [1.807, 2.05) is 27.0 Å². The number of aromatic nitrogens is 6. The summed E-state index contributed by atoms with van der Waals surface area (Å²) >= 11 is 5.11. The van der Waals surface area contributed by atoms with Gasteiger partial charge in [-0.2, -0.15) is 10.2 Å². The Morgan fingerprint density at radius 1 is 1.41 bits per heavy atom. The van der Waals surface area contributed by atoms with Crippen molar-refractivity contribution in [3.8, 4) is 11.5 Å². The van der Waals surface area contributed by atoms with E-state index in [4.69, 9.17) is 16.6 Å². The number of H-pyrrole nitrogens is 1. The monoisotopic (exact) mass is 411 g/mol. The number of nitrogens with zero attached hydrogens (tertiary/aromatic N) is 5. The van der Waals surface area contributed by atoms with E-state index in [0.717, 1.165) is 5.82 Å². The summed E-state index contributed by atoms with van der Waals surface area (Å²) < 4.78 is 9.62. The molecule has 1 amide bonds. The van der Waals surface area contributed by atoms with Gasteiger partial charge in [0.2, 0.25) is 0 Å². The van der Waals surface area contributed by atoms with Crippen LogP contribution in [0.3, 0.4) is 0 Å². The van der Waals surface area contributed by atoms with Crippen LogP contribution in [0.5, 0.6) is 0 Å². The molecule has 0 spiro atoms. The summed E-state index contributed by atoms with van der Waals surface area (Å²) in [6.07, 6.45) is 3.82. The van der Waals surface area contributed by atoms with E-state index in [1.165, 1.54) is 0 Å². The molecule has 0 fully saturated rings. The highest BCUT2D eigenvalue weighted by Crippen LogP contribution is 2.26. The van der Waals surface area contributed by atoms with Gasteiger partial charge in [0.1, 0.15) is 11.5 Å². The third-order valence-corrected chi connectivity index (χ3v) is 5.05. The molecular formula is C19H21N7O2S. The second kappa shape index (κ2) is 7.63. The lowest BCUT2D eigenvalue weighted by molar-refractivity contribution is 0.0955. The summed E-state index contributed by atoms with van der Waals surface area (Å²) in [6.45, 7) is 4.46. The highest BCUT2D eigenvalue weighted by atomic mass is 32.1. The highest BCUT2D eigenvalue weighted by molar-refractivity contribution is 7.71. The molecule has 4 aromatic heterocycles. The molecule has 29 heavy (non-hydrogen) atoms. The normalized spacial score (nSPS) is 11.4. The molecule has 0 aliphatic rings. The van der Waals surface area contributed by atoms with Crippen molar-refractivity contribution < 1.29 is 9.21 Å². The van der Waals surface area contributed by atoms with Crippen LogP contribution < -0.4 is 5.32 Å². The van der Waals surface area contributed by atoms with Gasteiger partial charge in [0.15, 0.2) is 16.2 Å². The Bertz CT molecular complexity index is 1220. The summed E-state index contributed by atoms with van der Waals surface area (Å²) in [7, 11) is 1.84. The number of fused-ring (bicyclic) bond motifs is 1. The zero-order valence-corrected chi connectivity index (χ0v) is 17.2. The summed E-state index contributed by atoms with van der Waals surface area (Å²) in [5.41, 5.74) is 1.74. The minimum absolute atomic E-state index is 0.106. The molecular weight excluding hydrogens is 390 g/mol. The van der Waals surface area contributed by atoms with Crippen LogP contribution in [0.4, 0.5) is 0 Å². The number of furan rings is 1. The number of hydrogen-bond acceptors (Lipinski definition) is 6. The van der Waals surface area contributed by atoms with Crippen LogP contribution in [0.15, 0.2) is 35.1 Å². The highest BCUT2D eigenvalue weighted by Gasteiger charge is 2.19. The van der Waals surface area contributed by atoms with E-state index in [9.17, 15) is 4.79 Å². The number of nitrogens with one attached hydrogen (secondary N) is 2. The number of pyridine rings is 1. The Morgan fingerprint density at radius 3 is 2.90 bits per heavy atom. The lowest BCUT2D eigenvalue weighted by atomic mass is 10.1. The molecule has 4 heterocycles. The maximum atomic E-state index is 13.0. The van der Waals surface area contributed by atoms with Crippen molar-refractivity contribution in [2.24, 2.45) is 7.05 Å². The number of amides is 1. The van der Waals surface area contributed by atoms with Crippen LogP contribution >= 0.6 is 12.2 Å². The molecule has 0 aliphatic carbocycles. The first kappa shape index (κ1) is 19.1. The molecule has 0 saturated heterocycles. The summed E-state index contributed by atoms with van der Waals surface area (Å²) in [6, 6.07) is 5.45. The van der Waals surface area contributed by atoms with Crippen LogP contribution in [0.25, 0.3) is 22.5 Å². The van der Waals surface area contributed by atoms with Crippen molar-refractivity contribution in [1.29, 1.82) is 0 Å². The number of carbonyl (C=O) groups excluding carboxylic acids is 1. The SMILES string of the molecule is CC(C)n1ncc2c(C(=O)NCCc3n[nH]c(=S)n3C)cc(-c3ccco3)nc21. The van der Waals surface area contributed by atoms with Crippen molar-refractivity contribution in [3.05, 3.63) is 46.8 Å².